The Morgan fingerprint density at radius 1 is 1.30 bits per heavy atom. The summed E-state index contributed by atoms with van der Waals surface area (Å²) in [5.74, 6) is 0.634. The van der Waals surface area contributed by atoms with E-state index in [2.05, 4.69) is 10.3 Å². The summed E-state index contributed by atoms with van der Waals surface area (Å²) in [5, 5.41) is 2.67. The summed E-state index contributed by atoms with van der Waals surface area (Å²) >= 11 is 17.8. The van der Waals surface area contributed by atoms with E-state index in [-0.39, 0.29) is 11.8 Å². The number of nitrogens with zero attached hydrogens (tertiary/aromatic N) is 1. The average Bonchev–Trinajstić information content (AvgIpc) is 3.06. The van der Waals surface area contributed by atoms with Crippen LogP contribution in [0.25, 0.3) is 0 Å². The lowest BCUT2D eigenvalue weighted by Crippen LogP contribution is -2.48. The maximum Gasteiger partial charge on any atom is 0.330 e. The molecule has 2 aliphatic carbocycles. The Bertz CT molecular complexity index is 724. The van der Waals surface area contributed by atoms with Crippen molar-refractivity contribution < 1.29 is 4.79 Å². The number of carbonyl (C=O) groups excluding carboxylic acids is 1. The molecule has 1 aromatic heterocycles. The summed E-state index contributed by atoms with van der Waals surface area (Å²) in [5.41, 5.74) is -1.31. The lowest BCUT2D eigenvalue weighted by atomic mass is 9.88. The summed E-state index contributed by atoms with van der Waals surface area (Å²) in [6.45, 7) is 0. The van der Waals surface area contributed by atoms with Gasteiger partial charge in [0.15, 0.2) is 6.17 Å². The first kappa shape index (κ1) is 16.9. The molecule has 2 saturated carbocycles. The van der Waals surface area contributed by atoms with Gasteiger partial charge < -0.3 is 5.32 Å². The zero-order chi connectivity index (χ0) is 16.8. The van der Waals surface area contributed by atoms with Crippen LogP contribution in [0.3, 0.4) is 0 Å². The highest BCUT2D eigenvalue weighted by Crippen LogP contribution is 2.48. The molecule has 0 aliphatic heterocycles. The molecule has 2 bridgehead atoms. The normalized spacial score (nSPS) is 27.9. The topological polar surface area (TPSA) is 84.0 Å². The van der Waals surface area contributed by atoms with E-state index in [9.17, 15) is 14.4 Å². The molecule has 2 N–H and O–H groups in total. The molecule has 0 aromatic carbocycles. The minimum atomic E-state index is -1.94. The maximum atomic E-state index is 12.6. The second-order valence-corrected chi connectivity index (χ2v) is 8.62. The average molecular weight is 381 g/mol. The number of carbonyl (C=O) groups is 1. The van der Waals surface area contributed by atoms with Crippen LogP contribution in [-0.4, -0.2) is 19.3 Å². The Morgan fingerprint density at radius 3 is 2.57 bits per heavy atom. The van der Waals surface area contributed by atoms with E-state index in [0.29, 0.717) is 11.8 Å². The number of hydrogen-bond donors (Lipinski definition) is 2. The maximum absolute atomic E-state index is 12.6. The SMILES string of the molecule is O=C(N[C@H](n1ccc(=O)[nH]c1=O)C(Cl)(Cl)Cl)[C@H]1C[C@H]2CC[C@H]1C2. The van der Waals surface area contributed by atoms with Gasteiger partial charge in [-0.15, -0.1) is 0 Å². The molecule has 0 spiro atoms. The molecule has 2 aliphatic rings. The van der Waals surface area contributed by atoms with E-state index in [1.807, 2.05) is 0 Å². The van der Waals surface area contributed by atoms with Crippen molar-refractivity contribution in [3.8, 4) is 0 Å². The van der Waals surface area contributed by atoms with E-state index < -0.39 is 21.2 Å². The van der Waals surface area contributed by atoms with E-state index in [4.69, 9.17) is 34.8 Å². The molecule has 1 amide bonds. The highest BCUT2D eigenvalue weighted by Gasteiger charge is 2.45. The molecule has 126 valence electrons. The molecule has 1 aromatic rings. The van der Waals surface area contributed by atoms with Gasteiger partial charge in [-0.25, -0.2) is 4.79 Å². The molecule has 4 atom stereocenters. The van der Waals surface area contributed by atoms with Gasteiger partial charge in [-0.2, -0.15) is 0 Å². The predicted molar refractivity (Wildman–Crippen MR) is 87.7 cm³/mol. The van der Waals surface area contributed by atoms with Crippen LogP contribution in [0.5, 0.6) is 0 Å². The molecule has 0 unspecified atom stereocenters. The molecular formula is C14H16Cl3N3O3. The number of alkyl halides is 3. The molecule has 9 heteroatoms. The number of rotatable bonds is 3. The number of aromatic amines is 1. The van der Waals surface area contributed by atoms with Crippen molar-refractivity contribution >= 4 is 40.7 Å². The highest BCUT2D eigenvalue weighted by molar-refractivity contribution is 6.67. The van der Waals surface area contributed by atoms with Crippen molar-refractivity contribution in [3.05, 3.63) is 33.1 Å². The Hall–Kier alpha value is -0.980. The van der Waals surface area contributed by atoms with Crippen LogP contribution in [0.1, 0.15) is 31.8 Å². The van der Waals surface area contributed by atoms with Crippen molar-refractivity contribution in [3.63, 3.8) is 0 Å². The van der Waals surface area contributed by atoms with Crippen LogP contribution in [0.15, 0.2) is 21.9 Å². The van der Waals surface area contributed by atoms with Crippen LogP contribution < -0.4 is 16.6 Å². The third-order valence-corrected chi connectivity index (χ3v) is 5.41. The van der Waals surface area contributed by atoms with Crippen LogP contribution >= 0.6 is 34.8 Å². The van der Waals surface area contributed by atoms with Gasteiger partial charge >= 0.3 is 5.69 Å². The Labute approximate surface area is 147 Å². The Morgan fingerprint density at radius 2 is 2.04 bits per heavy atom. The van der Waals surface area contributed by atoms with Crippen LogP contribution in [0.4, 0.5) is 0 Å². The molecule has 1 heterocycles. The van der Waals surface area contributed by atoms with Crippen molar-refractivity contribution in [1.82, 2.24) is 14.9 Å². The van der Waals surface area contributed by atoms with Crippen molar-refractivity contribution in [2.24, 2.45) is 17.8 Å². The summed E-state index contributed by atoms with van der Waals surface area (Å²) < 4.78 is -0.922. The minimum absolute atomic E-state index is 0.109. The van der Waals surface area contributed by atoms with Gasteiger partial charge in [-0.1, -0.05) is 41.2 Å². The quantitative estimate of drug-likeness (QED) is 0.786. The van der Waals surface area contributed by atoms with E-state index in [0.717, 1.165) is 29.9 Å². The number of hydrogen-bond acceptors (Lipinski definition) is 3. The molecular weight excluding hydrogens is 365 g/mol. The lowest BCUT2D eigenvalue weighted by molar-refractivity contribution is -0.127. The minimum Gasteiger partial charge on any atom is -0.332 e. The largest absolute Gasteiger partial charge is 0.332 e. The lowest BCUT2D eigenvalue weighted by Gasteiger charge is -2.29. The van der Waals surface area contributed by atoms with Gasteiger partial charge in [-0.05, 0) is 31.1 Å². The molecule has 0 saturated heterocycles. The molecule has 6 nitrogen and oxygen atoms in total. The number of amides is 1. The standard InChI is InChI=1S/C14H16Cl3N3O3/c15-14(16,17)12(20-4-3-10(21)18-13(20)23)19-11(22)9-6-7-1-2-8(9)5-7/h3-4,7-9,12H,1-2,5-6H2,(H,19,22)(H,18,21,23)/t7-,8-,9-,12+/m0/s1. The summed E-state index contributed by atoms with van der Waals surface area (Å²) in [6, 6.07) is 1.13. The van der Waals surface area contributed by atoms with E-state index >= 15 is 0 Å². The van der Waals surface area contributed by atoms with Crippen molar-refractivity contribution in [2.45, 2.75) is 35.6 Å². The molecule has 23 heavy (non-hydrogen) atoms. The fourth-order valence-corrected chi connectivity index (χ4v) is 4.23. The highest BCUT2D eigenvalue weighted by atomic mass is 35.6. The summed E-state index contributed by atoms with van der Waals surface area (Å²) in [4.78, 5) is 37.8. The smallest absolute Gasteiger partial charge is 0.330 e. The predicted octanol–water partition coefficient (Wildman–Crippen LogP) is 1.96. The molecule has 2 fully saturated rings. The fraction of sp³-hybridized carbons (Fsp3) is 0.643. The van der Waals surface area contributed by atoms with Gasteiger partial charge in [-0.3, -0.25) is 19.1 Å². The zero-order valence-electron chi connectivity index (χ0n) is 12.1. The Balaban J connectivity index is 1.84. The molecule has 3 rings (SSSR count). The second-order valence-electron chi connectivity index (χ2n) is 6.25. The number of nitrogens with one attached hydrogen (secondary N) is 2. The van der Waals surface area contributed by atoms with Gasteiger partial charge in [0, 0.05) is 18.2 Å². The van der Waals surface area contributed by atoms with Crippen LogP contribution in [0, 0.1) is 17.8 Å². The number of fused-ring (bicyclic) bond motifs is 2. The monoisotopic (exact) mass is 379 g/mol. The van der Waals surface area contributed by atoms with Crippen LogP contribution in [0.2, 0.25) is 0 Å². The fourth-order valence-electron chi connectivity index (χ4n) is 3.75. The van der Waals surface area contributed by atoms with Crippen molar-refractivity contribution in [1.29, 1.82) is 0 Å². The number of aromatic nitrogens is 2. The van der Waals surface area contributed by atoms with Crippen LogP contribution in [-0.2, 0) is 4.79 Å². The number of H-pyrrole nitrogens is 1. The first-order valence-corrected chi connectivity index (χ1v) is 8.57. The third-order valence-electron chi connectivity index (χ3n) is 4.79. The Kier molecular flexibility index (Phi) is 4.51. The summed E-state index contributed by atoms with van der Waals surface area (Å²) in [7, 11) is 0. The summed E-state index contributed by atoms with van der Waals surface area (Å²) in [6.07, 6.45) is 4.12. The first-order chi connectivity index (χ1) is 10.8. The zero-order valence-corrected chi connectivity index (χ0v) is 14.4. The molecule has 0 radical (unpaired) electrons. The van der Waals surface area contributed by atoms with Gasteiger partial charge in [0.05, 0.1) is 0 Å². The van der Waals surface area contributed by atoms with E-state index in [1.165, 1.54) is 12.6 Å². The number of halogens is 3. The first-order valence-electron chi connectivity index (χ1n) is 7.44. The van der Waals surface area contributed by atoms with Gasteiger partial charge in [0.1, 0.15) is 0 Å². The van der Waals surface area contributed by atoms with Crippen molar-refractivity contribution in [2.75, 3.05) is 0 Å². The third kappa shape index (κ3) is 3.44. The van der Waals surface area contributed by atoms with Gasteiger partial charge in [0.2, 0.25) is 9.70 Å². The second kappa shape index (κ2) is 6.15. The van der Waals surface area contributed by atoms with Gasteiger partial charge in [0.25, 0.3) is 5.56 Å². The van der Waals surface area contributed by atoms with E-state index in [1.54, 1.807) is 0 Å².